The Labute approximate surface area is 172 Å². The number of hydrogen-bond acceptors (Lipinski definition) is 5. The summed E-state index contributed by atoms with van der Waals surface area (Å²) >= 11 is 0. The Balaban J connectivity index is 1.47. The molecule has 162 valence electrons. The third kappa shape index (κ3) is 4.74. The fourth-order valence-electron chi connectivity index (χ4n) is 5.22. The molecule has 3 aliphatic heterocycles. The first-order chi connectivity index (χ1) is 14.1. The maximum Gasteiger partial charge on any atom is 0.318 e. The van der Waals surface area contributed by atoms with E-state index in [1.807, 2.05) is 0 Å². The fraction of sp³-hybridized carbons (Fsp3) is 0.857. The van der Waals surface area contributed by atoms with Gasteiger partial charge in [0.25, 0.3) is 0 Å². The quantitative estimate of drug-likeness (QED) is 0.760. The minimum Gasteiger partial charge on any atom is -0.378 e. The number of carbonyl (C=O) groups is 3. The van der Waals surface area contributed by atoms with Crippen LogP contribution in [0.25, 0.3) is 0 Å². The van der Waals surface area contributed by atoms with Gasteiger partial charge in [0.15, 0.2) is 5.78 Å². The van der Waals surface area contributed by atoms with Crippen LogP contribution in [0.4, 0.5) is 4.79 Å². The molecule has 3 amide bonds. The van der Waals surface area contributed by atoms with Gasteiger partial charge in [-0.1, -0.05) is 32.1 Å². The first-order valence-corrected chi connectivity index (χ1v) is 11.2. The number of urea groups is 1. The molecule has 4 aliphatic rings. The smallest absolute Gasteiger partial charge is 0.318 e. The molecule has 0 spiro atoms. The Bertz CT molecular complexity index is 615. The molecule has 3 saturated heterocycles. The van der Waals surface area contributed by atoms with Crippen molar-refractivity contribution in [3.05, 3.63) is 0 Å². The van der Waals surface area contributed by atoms with Crippen molar-refractivity contribution in [1.82, 2.24) is 15.1 Å². The largest absolute Gasteiger partial charge is 0.378 e. The number of ether oxygens (including phenoxy) is 2. The molecular formula is C21H33N3O5. The van der Waals surface area contributed by atoms with E-state index >= 15 is 0 Å². The van der Waals surface area contributed by atoms with Crippen LogP contribution in [0.5, 0.6) is 0 Å². The number of likely N-dealkylation sites (tertiary alicyclic amines) is 1. The molecule has 1 N–H and O–H groups in total. The van der Waals surface area contributed by atoms with Crippen molar-refractivity contribution in [3.63, 3.8) is 0 Å². The lowest BCUT2D eigenvalue weighted by Crippen LogP contribution is -2.59. The van der Waals surface area contributed by atoms with Crippen molar-refractivity contribution in [3.8, 4) is 0 Å². The number of Topliss-reactive ketones (excluding diaryl/α,β-unsaturated/α-hetero) is 1. The molecule has 0 aromatic heterocycles. The van der Waals surface area contributed by atoms with E-state index in [1.54, 1.807) is 9.80 Å². The van der Waals surface area contributed by atoms with Gasteiger partial charge in [0, 0.05) is 19.6 Å². The molecular weight excluding hydrogens is 374 g/mol. The summed E-state index contributed by atoms with van der Waals surface area (Å²) in [7, 11) is 0. The standard InChI is InChI=1S/C21H33N3O5/c25-17-14-29-18-7-4-8-24(19(17)18)20(26)16(13-15-5-2-1-3-6-15)22-21(27)23-9-11-28-12-10-23/h15-16,18-19H,1-14H2,(H,22,27)/t16-,18?,19?/m0/s1. The van der Waals surface area contributed by atoms with Crippen molar-refractivity contribution in [2.75, 3.05) is 39.5 Å². The normalized spacial score (nSPS) is 29.4. The molecule has 0 bridgehead atoms. The lowest BCUT2D eigenvalue weighted by Gasteiger charge is -2.39. The number of rotatable bonds is 4. The summed E-state index contributed by atoms with van der Waals surface area (Å²) in [6.45, 7) is 2.77. The Morgan fingerprint density at radius 1 is 1.03 bits per heavy atom. The van der Waals surface area contributed by atoms with E-state index in [1.165, 1.54) is 19.3 Å². The van der Waals surface area contributed by atoms with Crippen LogP contribution in [-0.4, -0.2) is 85.2 Å². The number of nitrogens with one attached hydrogen (secondary N) is 1. The van der Waals surface area contributed by atoms with E-state index in [-0.39, 0.29) is 30.4 Å². The third-order valence-electron chi connectivity index (χ3n) is 6.82. The van der Waals surface area contributed by atoms with Crippen molar-refractivity contribution >= 4 is 17.7 Å². The van der Waals surface area contributed by atoms with Gasteiger partial charge in [-0.3, -0.25) is 9.59 Å². The predicted octanol–water partition coefficient (Wildman–Crippen LogP) is 1.33. The number of ketones is 1. The van der Waals surface area contributed by atoms with Gasteiger partial charge in [-0.25, -0.2) is 4.79 Å². The second-order valence-corrected chi connectivity index (χ2v) is 8.78. The zero-order valence-electron chi connectivity index (χ0n) is 17.1. The van der Waals surface area contributed by atoms with Gasteiger partial charge >= 0.3 is 6.03 Å². The van der Waals surface area contributed by atoms with E-state index in [4.69, 9.17) is 9.47 Å². The molecule has 29 heavy (non-hydrogen) atoms. The summed E-state index contributed by atoms with van der Waals surface area (Å²) in [4.78, 5) is 42.1. The highest BCUT2D eigenvalue weighted by atomic mass is 16.5. The number of nitrogens with zero attached hydrogens (tertiary/aromatic N) is 2. The Kier molecular flexibility index (Phi) is 6.70. The highest BCUT2D eigenvalue weighted by Crippen LogP contribution is 2.30. The zero-order chi connectivity index (χ0) is 20.2. The molecule has 3 atom stereocenters. The van der Waals surface area contributed by atoms with Gasteiger partial charge in [0.05, 0.1) is 19.3 Å². The average molecular weight is 408 g/mol. The van der Waals surface area contributed by atoms with Gasteiger partial charge < -0.3 is 24.6 Å². The van der Waals surface area contributed by atoms with Crippen LogP contribution in [0.3, 0.4) is 0 Å². The maximum absolute atomic E-state index is 13.5. The third-order valence-corrected chi connectivity index (χ3v) is 6.82. The topological polar surface area (TPSA) is 88.2 Å². The van der Waals surface area contributed by atoms with Crippen LogP contribution < -0.4 is 5.32 Å². The number of morpholine rings is 1. The molecule has 0 aromatic carbocycles. The van der Waals surface area contributed by atoms with Gasteiger partial charge in [-0.15, -0.1) is 0 Å². The molecule has 3 heterocycles. The zero-order valence-corrected chi connectivity index (χ0v) is 17.1. The van der Waals surface area contributed by atoms with Gasteiger partial charge in [0.2, 0.25) is 5.91 Å². The van der Waals surface area contributed by atoms with Crippen LogP contribution in [0.2, 0.25) is 0 Å². The second-order valence-electron chi connectivity index (χ2n) is 8.78. The Hall–Kier alpha value is -1.67. The van der Waals surface area contributed by atoms with E-state index in [0.717, 1.165) is 25.7 Å². The van der Waals surface area contributed by atoms with Crippen LogP contribution in [0.15, 0.2) is 0 Å². The molecule has 4 fully saturated rings. The number of hydrogen-bond donors (Lipinski definition) is 1. The number of fused-ring (bicyclic) bond motifs is 1. The molecule has 0 aromatic rings. The van der Waals surface area contributed by atoms with Gasteiger partial charge in [-0.05, 0) is 25.2 Å². The first kappa shape index (κ1) is 20.6. The van der Waals surface area contributed by atoms with Crippen molar-refractivity contribution in [1.29, 1.82) is 0 Å². The second kappa shape index (κ2) is 9.43. The van der Waals surface area contributed by atoms with Crippen molar-refractivity contribution in [2.45, 2.75) is 69.6 Å². The number of piperidine rings is 1. The van der Waals surface area contributed by atoms with E-state index in [0.29, 0.717) is 45.2 Å². The molecule has 1 aliphatic carbocycles. The average Bonchev–Trinajstić information content (AvgIpc) is 3.15. The van der Waals surface area contributed by atoms with Crippen LogP contribution in [0.1, 0.15) is 51.4 Å². The Morgan fingerprint density at radius 2 is 1.79 bits per heavy atom. The molecule has 8 nitrogen and oxygen atoms in total. The number of amides is 3. The lowest BCUT2D eigenvalue weighted by molar-refractivity contribution is -0.142. The maximum atomic E-state index is 13.5. The summed E-state index contributed by atoms with van der Waals surface area (Å²) in [6.07, 6.45) is 7.92. The van der Waals surface area contributed by atoms with E-state index in [2.05, 4.69) is 5.32 Å². The minimum atomic E-state index is -0.583. The van der Waals surface area contributed by atoms with E-state index in [9.17, 15) is 14.4 Å². The molecule has 2 unspecified atom stereocenters. The van der Waals surface area contributed by atoms with Crippen molar-refractivity contribution < 1.29 is 23.9 Å². The van der Waals surface area contributed by atoms with Gasteiger partial charge in [0.1, 0.15) is 18.7 Å². The summed E-state index contributed by atoms with van der Waals surface area (Å²) in [5.41, 5.74) is 0. The number of carbonyl (C=O) groups excluding carboxylic acids is 3. The fourth-order valence-corrected chi connectivity index (χ4v) is 5.22. The van der Waals surface area contributed by atoms with Crippen LogP contribution >= 0.6 is 0 Å². The first-order valence-electron chi connectivity index (χ1n) is 11.2. The predicted molar refractivity (Wildman–Crippen MR) is 105 cm³/mol. The summed E-state index contributed by atoms with van der Waals surface area (Å²) in [5, 5.41) is 3.01. The SMILES string of the molecule is O=C1COC2CCCN(C(=O)[C@H](CC3CCCCC3)NC(=O)N3CCOCC3)C12. The van der Waals surface area contributed by atoms with E-state index < -0.39 is 12.1 Å². The van der Waals surface area contributed by atoms with Gasteiger partial charge in [-0.2, -0.15) is 0 Å². The summed E-state index contributed by atoms with van der Waals surface area (Å²) in [6, 6.07) is -1.27. The Morgan fingerprint density at radius 3 is 2.55 bits per heavy atom. The molecule has 4 rings (SSSR count). The highest BCUT2D eigenvalue weighted by Gasteiger charge is 2.46. The molecule has 0 radical (unpaired) electrons. The lowest BCUT2D eigenvalue weighted by atomic mass is 9.84. The van der Waals surface area contributed by atoms with Crippen LogP contribution in [-0.2, 0) is 19.1 Å². The monoisotopic (exact) mass is 407 g/mol. The summed E-state index contributed by atoms with van der Waals surface area (Å²) < 4.78 is 10.9. The highest BCUT2D eigenvalue weighted by molar-refractivity contribution is 5.94. The summed E-state index contributed by atoms with van der Waals surface area (Å²) in [5.74, 6) is 0.309. The minimum absolute atomic E-state index is 0.0148. The molecule has 8 heteroatoms. The molecule has 1 saturated carbocycles. The van der Waals surface area contributed by atoms with Crippen molar-refractivity contribution in [2.24, 2.45) is 5.92 Å². The van der Waals surface area contributed by atoms with Crippen LogP contribution in [0, 0.1) is 5.92 Å².